The zero-order valence-electron chi connectivity index (χ0n) is 33.8. The second-order valence-electron chi connectivity index (χ2n) is 13.3. The fourth-order valence-electron chi connectivity index (χ4n) is 6.04. The van der Waals surface area contributed by atoms with E-state index in [1.165, 1.54) is 26.6 Å². The Morgan fingerprint density at radius 1 is 0.695 bits per heavy atom. The molecular weight excluding hydrogens is 863 g/mol. The summed E-state index contributed by atoms with van der Waals surface area (Å²) < 4.78 is 9.23. The number of halogens is 3. The molecule has 2 fully saturated rings. The van der Waals surface area contributed by atoms with Crippen LogP contribution < -0.4 is 10.2 Å². The first-order valence-corrected chi connectivity index (χ1v) is 21.1. The number of urea groups is 2. The molecular formula is C42H51BrCl2N8O6. The van der Waals surface area contributed by atoms with Crippen LogP contribution in [0.15, 0.2) is 85.2 Å². The first-order valence-electron chi connectivity index (χ1n) is 19.2. The summed E-state index contributed by atoms with van der Waals surface area (Å²) in [5.41, 5.74) is 3.85. The van der Waals surface area contributed by atoms with E-state index in [2.05, 4.69) is 59.6 Å². The average molecular weight is 915 g/mol. The highest BCUT2D eigenvalue weighted by Crippen LogP contribution is 2.23. The lowest BCUT2D eigenvalue weighted by molar-refractivity contribution is 0.0591. The number of anilines is 2. The van der Waals surface area contributed by atoms with E-state index in [0.29, 0.717) is 51.0 Å². The maximum absolute atomic E-state index is 13.3. The number of nitrogens with one attached hydrogen (secondary N) is 1. The summed E-state index contributed by atoms with van der Waals surface area (Å²) in [7, 11) is 2.68. The first-order chi connectivity index (χ1) is 28.5. The maximum Gasteiger partial charge on any atom is 0.339 e. The molecule has 17 heteroatoms. The van der Waals surface area contributed by atoms with E-state index < -0.39 is 5.97 Å². The van der Waals surface area contributed by atoms with Gasteiger partial charge in [0.05, 0.1) is 43.3 Å². The molecule has 59 heavy (non-hydrogen) atoms. The van der Waals surface area contributed by atoms with Gasteiger partial charge in [-0.1, -0.05) is 65.1 Å². The van der Waals surface area contributed by atoms with Crippen molar-refractivity contribution in [2.75, 3.05) is 89.9 Å². The van der Waals surface area contributed by atoms with Gasteiger partial charge in [0.2, 0.25) is 0 Å². The Bertz CT molecular complexity index is 1960. The predicted octanol–water partition coefficient (Wildman–Crippen LogP) is 7.56. The largest absolute Gasteiger partial charge is 0.465 e. The minimum atomic E-state index is -0.444. The molecule has 4 heterocycles. The monoisotopic (exact) mass is 912 g/mol. The zero-order valence-corrected chi connectivity index (χ0v) is 36.9. The Morgan fingerprint density at radius 2 is 1.20 bits per heavy atom. The minimum absolute atomic E-state index is 0.0481. The Hall–Kier alpha value is -4.80. The predicted molar refractivity (Wildman–Crippen MR) is 235 cm³/mol. The van der Waals surface area contributed by atoms with Gasteiger partial charge in [0.15, 0.2) is 0 Å². The van der Waals surface area contributed by atoms with Gasteiger partial charge in [-0.2, -0.15) is 0 Å². The van der Waals surface area contributed by atoms with Crippen molar-refractivity contribution in [2.45, 2.75) is 25.7 Å². The van der Waals surface area contributed by atoms with Gasteiger partial charge in [0, 0.05) is 91.5 Å². The fourth-order valence-corrected chi connectivity index (χ4v) is 6.74. The summed E-state index contributed by atoms with van der Waals surface area (Å²) >= 11 is 15.3. The molecule has 2 saturated heterocycles. The number of pyridine rings is 2. The SMILES string of the molecule is CCN1CCN(C(=O)N(Cc2ccc(C(=O)OC)cn2)c2cccc(Cl)c2)CC1.CCN1CCN(C(=O)Nc2cccc(Cl)c2)CC1.COC(=O)c1ccc(CBr)nc1. The number of aromatic nitrogens is 2. The Kier molecular flexibility index (Phi) is 19.3. The van der Waals surface area contributed by atoms with Gasteiger partial charge < -0.3 is 34.4 Å². The number of amides is 4. The molecule has 0 radical (unpaired) electrons. The third kappa shape index (κ3) is 14.8. The highest BCUT2D eigenvalue weighted by atomic mass is 79.9. The van der Waals surface area contributed by atoms with E-state index in [4.69, 9.17) is 27.9 Å². The van der Waals surface area contributed by atoms with Crippen LogP contribution in [0.2, 0.25) is 10.0 Å². The second-order valence-corrected chi connectivity index (χ2v) is 14.8. The number of nitrogens with zero attached hydrogens (tertiary/aromatic N) is 7. The number of methoxy groups -OCH3 is 2. The molecule has 0 aliphatic carbocycles. The number of rotatable bonds is 9. The number of carbonyl (C=O) groups is 4. The van der Waals surface area contributed by atoms with Gasteiger partial charge in [-0.05, 0) is 73.8 Å². The van der Waals surface area contributed by atoms with Crippen molar-refractivity contribution < 1.29 is 28.7 Å². The zero-order chi connectivity index (χ0) is 42.7. The summed E-state index contributed by atoms with van der Waals surface area (Å²) in [6.45, 7) is 13.1. The average Bonchev–Trinajstić information content (AvgIpc) is 3.28. The molecule has 2 aliphatic heterocycles. The van der Waals surface area contributed by atoms with Gasteiger partial charge >= 0.3 is 24.0 Å². The molecule has 0 saturated carbocycles. The molecule has 1 N–H and O–H groups in total. The Labute approximate surface area is 364 Å². The summed E-state index contributed by atoms with van der Waals surface area (Å²) in [6.07, 6.45) is 2.96. The van der Waals surface area contributed by atoms with Crippen LogP contribution >= 0.6 is 39.1 Å². The smallest absolute Gasteiger partial charge is 0.339 e. The number of benzene rings is 2. The number of hydrogen-bond donors (Lipinski definition) is 1. The Morgan fingerprint density at radius 3 is 1.66 bits per heavy atom. The first kappa shape index (κ1) is 46.9. The highest BCUT2D eigenvalue weighted by molar-refractivity contribution is 9.08. The van der Waals surface area contributed by atoms with Crippen molar-refractivity contribution in [3.05, 3.63) is 118 Å². The summed E-state index contributed by atoms with van der Waals surface area (Å²) in [4.78, 5) is 66.3. The lowest BCUT2D eigenvalue weighted by atomic mass is 10.2. The van der Waals surface area contributed by atoms with Crippen molar-refractivity contribution >= 4 is 74.5 Å². The molecule has 6 rings (SSSR count). The van der Waals surface area contributed by atoms with Crippen LogP contribution in [-0.2, 0) is 21.3 Å². The van der Waals surface area contributed by atoms with E-state index in [1.54, 1.807) is 53.4 Å². The number of piperazine rings is 2. The molecule has 14 nitrogen and oxygen atoms in total. The molecule has 0 bridgehead atoms. The third-order valence-electron chi connectivity index (χ3n) is 9.57. The van der Waals surface area contributed by atoms with Crippen LogP contribution in [0, 0.1) is 0 Å². The number of hydrogen-bond acceptors (Lipinski definition) is 10. The highest BCUT2D eigenvalue weighted by Gasteiger charge is 2.27. The third-order valence-corrected chi connectivity index (χ3v) is 10.6. The Balaban J connectivity index is 0.000000217. The number of esters is 2. The van der Waals surface area contributed by atoms with E-state index in [0.717, 1.165) is 63.7 Å². The van der Waals surface area contributed by atoms with E-state index >= 15 is 0 Å². The summed E-state index contributed by atoms with van der Waals surface area (Å²) in [5.74, 6) is -0.802. The van der Waals surface area contributed by atoms with Crippen molar-refractivity contribution in [3.8, 4) is 0 Å². The fraction of sp³-hybridized carbons (Fsp3) is 0.381. The topological polar surface area (TPSA) is 141 Å². The van der Waals surface area contributed by atoms with Gasteiger partial charge in [-0.25, -0.2) is 19.2 Å². The van der Waals surface area contributed by atoms with Crippen LogP contribution in [0.25, 0.3) is 0 Å². The van der Waals surface area contributed by atoms with Crippen molar-refractivity contribution in [1.82, 2.24) is 29.6 Å². The quantitative estimate of drug-likeness (QED) is 0.132. The van der Waals surface area contributed by atoms with E-state index in [-0.39, 0.29) is 24.6 Å². The van der Waals surface area contributed by atoms with Gasteiger partial charge in [-0.15, -0.1) is 0 Å². The number of likely N-dealkylation sites (N-methyl/N-ethyl adjacent to an activating group) is 2. The van der Waals surface area contributed by atoms with Crippen molar-refractivity contribution in [3.63, 3.8) is 0 Å². The molecule has 0 spiro atoms. The van der Waals surface area contributed by atoms with Crippen molar-refractivity contribution in [2.24, 2.45) is 0 Å². The van der Waals surface area contributed by atoms with Gasteiger partial charge in [-0.3, -0.25) is 14.9 Å². The number of carbonyl (C=O) groups excluding carboxylic acids is 4. The molecule has 2 aromatic carbocycles. The van der Waals surface area contributed by atoms with Crippen LogP contribution in [0.3, 0.4) is 0 Å². The van der Waals surface area contributed by atoms with Gasteiger partial charge in [0.25, 0.3) is 0 Å². The maximum atomic E-state index is 13.3. The lowest BCUT2D eigenvalue weighted by Gasteiger charge is -2.37. The number of ether oxygens (including phenoxy) is 2. The molecule has 4 aromatic rings. The van der Waals surface area contributed by atoms with E-state index in [1.807, 2.05) is 34.1 Å². The second kappa shape index (κ2) is 24.3. The molecule has 4 amide bonds. The van der Waals surface area contributed by atoms with Crippen LogP contribution in [0.1, 0.15) is 46.0 Å². The van der Waals surface area contributed by atoms with Crippen LogP contribution in [-0.4, -0.2) is 133 Å². The summed E-state index contributed by atoms with van der Waals surface area (Å²) in [5, 5.41) is 4.75. The normalized spacial score (nSPS) is 14.2. The molecule has 2 aliphatic rings. The molecule has 316 valence electrons. The van der Waals surface area contributed by atoms with Crippen LogP contribution in [0.4, 0.5) is 21.0 Å². The number of alkyl halides is 1. The minimum Gasteiger partial charge on any atom is -0.465 e. The molecule has 0 atom stereocenters. The summed E-state index contributed by atoms with van der Waals surface area (Å²) in [6, 6.07) is 21.1. The standard InChI is InChI=1S/C21H25ClN4O3.C13H18ClN3O.C8H8BrNO2/c1-3-24-9-11-25(12-10-24)21(28)26(19-6-4-5-17(22)13-19)15-18-8-7-16(14-23-18)20(27)29-2;1-2-16-6-8-17(9-7-16)13(18)15-12-5-3-4-11(14)10-12;1-12-8(11)6-2-3-7(4-9)10-5-6/h4-8,13-14H,3,9-12,15H2,1-2H3;3-5,10H,2,6-9H2,1H3,(H,15,18);2-3,5H,4H2,1H3. The lowest BCUT2D eigenvalue weighted by Crippen LogP contribution is -2.52. The van der Waals surface area contributed by atoms with Crippen molar-refractivity contribution in [1.29, 1.82) is 0 Å². The van der Waals surface area contributed by atoms with Crippen LogP contribution in [0.5, 0.6) is 0 Å². The van der Waals surface area contributed by atoms with E-state index in [9.17, 15) is 19.2 Å². The molecule has 2 aromatic heterocycles. The van der Waals surface area contributed by atoms with Gasteiger partial charge in [0.1, 0.15) is 0 Å². The molecule has 0 unspecified atom stereocenters.